The normalized spacial score (nSPS) is 29.1. The minimum absolute atomic E-state index is 0.126. The highest BCUT2D eigenvalue weighted by atomic mass is 16.5. The molecule has 5 fully saturated rings. The van der Waals surface area contributed by atoms with E-state index in [-0.39, 0.29) is 17.2 Å². The standard InChI is InChI=1S/C28H34N4O3/c33-26(31-25-6-5-24(18-29-25)32-7-9-35-10-8-32)23-3-1-19(2-4-23)17-30-27(34)28-14-20-11-21(15-28)13-22(12-20)16-28/h1-6,18,20-22H,7-17H2,(H,30,34)(H,29,31,33). The van der Waals surface area contributed by atoms with E-state index in [1.807, 2.05) is 36.4 Å². The zero-order valence-electron chi connectivity index (χ0n) is 20.2. The molecule has 2 amide bonds. The van der Waals surface area contributed by atoms with E-state index in [9.17, 15) is 9.59 Å². The lowest BCUT2D eigenvalue weighted by molar-refractivity contribution is -0.146. The number of nitrogens with one attached hydrogen (secondary N) is 2. The third kappa shape index (κ3) is 4.66. The van der Waals surface area contributed by atoms with Crippen LogP contribution in [0.25, 0.3) is 0 Å². The van der Waals surface area contributed by atoms with Crippen LogP contribution in [0.1, 0.15) is 54.4 Å². The molecule has 1 aromatic heterocycles. The van der Waals surface area contributed by atoms with E-state index < -0.39 is 0 Å². The molecule has 7 nitrogen and oxygen atoms in total. The number of morpholine rings is 1. The molecule has 0 atom stereocenters. The van der Waals surface area contributed by atoms with Crippen molar-refractivity contribution in [2.24, 2.45) is 23.2 Å². The number of pyridine rings is 1. The Morgan fingerprint density at radius 3 is 2.20 bits per heavy atom. The van der Waals surface area contributed by atoms with Crippen molar-refractivity contribution >= 4 is 23.3 Å². The number of anilines is 2. The van der Waals surface area contributed by atoms with Gasteiger partial charge in [0, 0.05) is 30.6 Å². The summed E-state index contributed by atoms with van der Waals surface area (Å²) in [5, 5.41) is 6.08. The number of nitrogens with zero attached hydrogens (tertiary/aromatic N) is 2. The highest BCUT2D eigenvalue weighted by molar-refractivity contribution is 6.03. The number of rotatable bonds is 6. The number of benzene rings is 1. The maximum absolute atomic E-state index is 13.2. The number of amides is 2. The summed E-state index contributed by atoms with van der Waals surface area (Å²) >= 11 is 0. The number of ether oxygens (including phenoxy) is 1. The zero-order chi connectivity index (χ0) is 23.8. The van der Waals surface area contributed by atoms with Crippen LogP contribution in [-0.4, -0.2) is 43.1 Å². The second-order valence-corrected chi connectivity index (χ2v) is 11.0. The van der Waals surface area contributed by atoms with E-state index in [2.05, 4.69) is 20.5 Å². The van der Waals surface area contributed by atoms with Gasteiger partial charge in [-0.15, -0.1) is 0 Å². The lowest BCUT2D eigenvalue weighted by Crippen LogP contribution is -2.53. The smallest absolute Gasteiger partial charge is 0.256 e. The number of carbonyl (C=O) groups excluding carboxylic acids is 2. The maximum atomic E-state index is 13.2. The Bertz CT molecular complexity index is 1040. The highest BCUT2D eigenvalue weighted by Crippen LogP contribution is 2.60. The summed E-state index contributed by atoms with van der Waals surface area (Å²) in [5.74, 6) is 2.85. The summed E-state index contributed by atoms with van der Waals surface area (Å²) in [6, 6.07) is 11.3. The third-order valence-electron chi connectivity index (χ3n) is 8.55. The van der Waals surface area contributed by atoms with E-state index in [0.29, 0.717) is 17.9 Å². The highest BCUT2D eigenvalue weighted by Gasteiger charge is 2.54. The molecule has 4 bridgehead atoms. The van der Waals surface area contributed by atoms with Crippen LogP contribution in [0.15, 0.2) is 42.6 Å². The largest absolute Gasteiger partial charge is 0.378 e. The molecular weight excluding hydrogens is 440 g/mol. The van der Waals surface area contributed by atoms with E-state index >= 15 is 0 Å². The summed E-state index contributed by atoms with van der Waals surface area (Å²) in [6.45, 7) is 3.65. The van der Waals surface area contributed by atoms with Gasteiger partial charge in [-0.2, -0.15) is 0 Å². The van der Waals surface area contributed by atoms with Crippen LogP contribution in [0, 0.1) is 23.2 Å². The second-order valence-electron chi connectivity index (χ2n) is 11.0. The van der Waals surface area contributed by atoms with Crippen LogP contribution in [0.3, 0.4) is 0 Å². The van der Waals surface area contributed by atoms with Gasteiger partial charge >= 0.3 is 0 Å². The minimum atomic E-state index is -0.194. The van der Waals surface area contributed by atoms with Crippen molar-refractivity contribution in [3.05, 3.63) is 53.7 Å². The quantitative estimate of drug-likeness (QED) is 0.661. The Kier molecular flexibility index (Phi) is 5.96. The van der Waals surface area contributed by atoms with E-state index in [1.54, 1.807) is 6.20 Å². The van der Waals surface area contributed by atoms with Crippen molar-refractivity contribution in [2.45, 2.75) is 45.1 Å². The SMILES string of the molecule is O=C(Nc1ccc(N2CCOCC2)cn1)c1ccc(CNC(=O)C23CC4CC(CC(C4)C2)C3)cc1. The van der Waals surface area contributed by atoms with Gasteiger partial charge in [0.1, 0.15) is 5.82 Å². The molecule has 5 aliphatic rings. The summed E-state index contributed by atoms with van der Waals surface area (Å²) in [7, 11) is 0. The lowest BCUT2D eigenvalue weighted by Gasteiger charge is -2.55. The van der Waals surface area contributed by atoms with Gasteiger partial charge in [-0.1, -0.05) is 12.1 Å². The molecule has 1 aromatic carbocycles. The molecule has 1 aliphatic heterocycles. The van der Waals surface area contributed by atoms with Crippen molar-refractivity contribution in [3.8, 4) is 0 Å². The molecule has 7 heteroatoms. The molecule has 0 radical (unpaired) electrons. The number of aromatic nitrogens is 1. The van der Waals surface area contributed by atoms with E-state index in [0.717, 1.165) is 74.6 Å². The first-order chi connectivity index (χ1) is 17.1. The van der Waals surface area contributed by atoms with Gasteiger partial charge < -0.3 is 20.3 Å². The van der Waals surface area contributed by atoms with Crippen LogP contribution < -0.4 is 15.5 Å². The lowest BCUT2D eigenvalue weighted by atomic mass is 9.49. The Morgan fingerprint density at radius 1 is 0.943 bits per heavy atom. The molecule has 4 aliphatic carbocycles. The number of carbonyl (C=O) groups is 2. The van der Waals surface area contributed by atoms with Crippen LogP contribution >= 0.6 is 0 Å². The Morgan fingerprint density at radius 2 is 1.60 bits per heavy atom. The second kappa shape index (κ2) is 9.26. The van der Waals surface area contributed by atoms with Gasteiger partial charge in [0.15, 0.2) is 0 Å². The molecule has 184 valence electrons. The van der Waals surface area contributed by atoms with Gasteiger partial charge in [-0.25, -0.2) is 4.98 Å². The summed E-state index contributed by atoms with van der Waals surface area (Å²) in [6.07, 6.45) is 9.02. The van der Waals surface area contributed by atoms with Crippen LogP contribution in [-0.2, 0) is 16.1 Å². The minimum Gasteiger partial charge on any atom is -0.378 e. The predicted molar refractivity (Wildman–Crippen MR) is 134 cm³/mol. The van der Waals surface area contributed by atoms with Gasteiger partial charge in [0.2, 0.25) is 5.91 Å². The first-order valence-electron chi connectivity index (χ1n) is 13.0. The van der Waals surface area contributed by atoms with Crippen molar-refractivity contribution < 1.29 is 14.3 Å². The molecule has 2 aromatic rings. The molecule has 7 rings (SSSR count). The molecule has 4 saturated carbocycles. The fraction of sp³-hybridized carbons (Fsp3) is 0.536. The van der Waals surface area contributed by atoms with Crippen LogP contribution in [0.4, 0.5) is 11.5 Å². The number of hydrogen-bond acceptors (Lipinski definition) is 5. The third-order valence-corrected chi connectivity index (χ3v) is 8.55. The predicted octanol–water partition coefficient (Wildman–Crippen LogP) is 4.00. The first-order valence-corrected chi connectivity index (χ1v) is 13.0. The molecule has 0 spiro atoms. The van der Waals surface area contributed by atoms with Gasteiger partial charge in [-0.05, 0) is 86.1 Å². The molecular formula is C28H34N4O3. The maximum Gasteiger partial charge on any atom is 0.256 e. The molecule has 1 saturated heterocycles. The Balaban J connectivity index is 1.02. The average Bonchev–Trinajstić information content (AvgIpc) is 2.88. The van der Waals surface area contributed by atoms with Gasteiger partial charge in [0.25, 0.3) is 5.91 Å². The fourth-order valence-corrected chi connectivity index (χ4v) is 7.19. The summed E-state index contributed by atoms with van der Waals surface area (Å²) < 4.78 is 5.39. The topological polar surface area (TPSA) is 83.6 Å². The van der Waals surface area contributed by atoms with E-state index in [4.69, 9.17) is 4.74 Å². The average molecular weight is 475 g/mol. The summed E-state index contributed by atoms with van der Waals surface area (Å²) in [5.41, 5.74) is 2.48. The number of hydrogen-bond donors (Lipinski definition) is 2. The van der Waals surface area contributed by atoms with Gasteiger partial charge in [-0.3, -0.25) is 9.59 Å². The van der Waals surface area contributed by atoms with Crippen LogP contribution in [0.5, 0.6) is 0 Å². The Hall–Kier alpha value is -2.93. The van der Waals surface area contributed by atoms with Gasteiger partial charge in [0.05, 0.1) is 25.1 Å². The van der Waals surface area contributed by atoms with Crippen molar-refractivity contribution in [3.63, 3.8) is 0 Å². The molecule has 0 unspecified atom stereocenters. The Labute approximate surface area is 206 Å². The first kappa shape index (κ1) is 22.5. The zero-order valence-corrected chi connectivity index (χ0v) is 20.2. The van der Waals surface area contributed by atoms with E-state index in [1.165, 1.54) is 19.3 Å². The fourth-order valence-electron chi connectivity index (χ4n) is 7.19. The van der Waals surface area contributed by atoms with Crippen molar-refractivity contribution in [1.29, 1.82) is 0 Å². The monoisotopic (exact) mass is 474 g/mol. The van der Waals surface area contributed by atoms with Crippen molar-refractivity contribution in [1.82, 2.24) is 10.3 Å². The van der Waals surface area contributed by atoms with Crippen LogP contribution in [0.2, 0.25) is 0 Å². The van der Waals surface area contributed by atoms with Crippen molar-refractivity contribution in [2.75, 3.05) is 36.5 Å². The molecule has 35 heavy (non-hydrogen) atoms. The molecule has 2 N–H and O–H groups in total. The molecule has 2 heterocycles. The summed E-state index contributed by atoms with van der Waals surface area (Å²) in [4.78, 5) is 32.5.